The highest BCUT2D eigenvalue weighted by atomic mass is 32.2. The van der Waals surface area contributed by atoms with E-state index in [1.165, 1.54) is 11.3 Å². The molecule has 0 saturated heterocycles. The molecule has 0 atom stereocenters. The molecule has 1 aromatic heterocycles. The number of amides is 1. The zero-order valence-corrected chi connectivity index (χ0v) is 13.7. The maximum Gasteiger partial charge on any atom is 0.397 e. The Morgan fingerprint density at radius 1 is 1.32 bits per heavy atom. The molecule has 22 heavy (non-hydrogen) atoms. The number of aromatic nitrogens is 1. The number of anilines is 1. The summed E-state index contributed by atoms with van der Waals surface area (Å²) >= 11 is 2.91. The van der Waals surface area contributed by atoms with Gasteiger partial charge >= 0.3 is 11.9 Å². The van der Waals surface area contributed by atoms with E-state index in [-0.39, 0.29) is 6.61 Å². The predicted octanol–water partition coefficient (Wildman–Crippen LogP) is 3.04. The summed E-state index contributed by atoms with van der Waals surface area (Å²) in [5.41, 5.74) is 1.71. The van der Waals surface area contributed by atoms with Crippen LogP contribution in [0, 0.1) is 0 Å². The molecule has 7 heteroatoms. The monoisotopic (exact) mass is 336 g/mol. The fourth-order valence-electron chi connectivity index (χ4n) is 1.62. The molecular weight excluding hydrogens is 320 g/mol. The number of benzene rings is 1. The van der Waals surface area contributed by atoms with Crippen molar-refractivity contribution in [2.24, 2.45) is 0 Å². The number of nitrogens with one attached hydrogen (secondary N) is 1. The van der Waals surface area contributed by atoms with E-state index in [0.717, 1.165) is 17.0 Å². The smallest absolute Gasteiger partial charge is 0.397 e. The van der Waals surface area contributed by atoms with Gasteiger partial charge in [-0.3, -0.25) is 10.1 Å². The van der Waals surface area contributed by atoms with Gasteiger partial charge in [-0.05, 0) is 5.75 Å². The Kier molecular flexibility index (Phi) is 6.42. The second-order valence-corrected chi connectivity index (χ2v) is 6.44. The molecule has 2 rings (SSSR count). The highest BCUT2D eigenvalue weighted by Gasteiger charge is 2.17. The lowest BCUT2D eigenvalue weighted by molar-refractivity contribution is -0.152. The fourth-order valence-corrected chi connectivity index (χ4v) is 2.83. The summed E-state index contributed by atoms with van der Waals surface area (Å²) in [6.07, 6.45) is 0. The van der Waals surface area contributed by atoms with Crippen molar-refractivity contribution in [1.82, 2.24) is 4.98 Å². The van der Waals surface area contributed by atoms with Crippen molar-refractivity contribution >= 4 is 40.1 Å². The van der Waals surface area contributed by atoms with Gasteiger partial charge in [-0.2, -0.15) is 11.8 Å². The zero-order chi connectivity index (χ0) is 15.8. The molecular formula is C15H16N2O3S2. The molecule has 2 aromatic rings. The van der Waals surface area contributed by atoms with Crippen LogP contribution in [0.15, 0.2) is 35.7 Å². The molecule has 0 saturated carbocycles. The summed E-state index contributed by atoms with van der Waals surface area (Å²) < 4.78 is 4.87. The van der Waals surface area contributed by atoms with E-state index < -0.39 is 11.9 Å². The van der Waals surface area contributed by atoms with Gasteiger partial charge in [0.2, 0.25) is 0 Å². The van der Waals surface area contributed by atoms with Gasteiger partial charge in [-0.1, -0.05) is 37.3 Å². The van der Waals surface area contributed by atoms with Crippen molar-refractivity contribution in [2.75, 3.05) is 23.4 Å². The number of carbonyl (C=O) groups excluding carboxylic acids is 2. The minimum atomic E-state index is -0.881. The van der Waals surface area contributed by atoms with Crippen LogP contribution in [-0.4, -0.2) is 35.0 Å². The molecule has 0 aliphatic carbocycles. The highest BCUT2D eigenvalue weighted by Crippen LogP contribution is 2.24. The van der Waals surface area contributed by atoms with E-state index in [4.69, 9.17) is 4.74 Å². The first kappa shape index (κ1) is 16.5. The third-order valence-electron chi connectivity index (χ3n) is 2.64. The average molecular weight is 336 g/mol. The number of thioether (sulfide) groups is 1. The molecule has 116 valence electrons. The van der Waals surface area contributed by atoms with Gasteiger partial charge in [-0.15, -0.1) is 11.3 Å². The van der Waals surface area contributed by atoms with Crippen LogP contribution >= 0.6 is 23.1 Å². The summed E-state index contributed by atoms with van der Waals surface area (Å²) in [4.78, 5) is 27.5. The van der Waals surface area contributed by atoms with Crippen molar-refractivity contribution in [3.63, 3.8) is 0 Å². The summed E-state index contributed by atoms with van der Waals surface area (Å²) in [6.45, 7) is 2.25. The van der Waals surface area contributed by atoms with Crippen LogP contribution in [0.2, 0.25) is 0 Å². The van der Waals surface area contributed by atoms with Crippen LogP contribution in [0.4, 0.5) is 5.13 Å². The maximum atomic E-state index is 11.7. The molecule has 1 heterocycles. The van der Waals surface area contributed by atoms with Crippen LogP contribution in [0.25, 0.3) is 11.3 Å². The Labute approximate surface area is 137 Å². The molecule has 0 fully saturated rings. The SMILES string of the molecule is CCSCCOC(=O)C(=O)Nc1nc(-c2ccccc2)cs1. The van der Waals surface area contributed by atoms with E-state index in [2.05, 4.69) is 10.3 Å². The number of hydrogen-bond acceptors (Lipinski definition) is 6. The molecule has 5 nitrogen and oxygen atoms in total. The summed E-state index contributed by atoms with van der Waals surface area (Å²) in [5.74, 6) is -0.0422. The number of rotatable bonds is 6. The third-order valence-corrected chi connectivity index (χ3v) is 4.27. The summed E-state index contributed by atoms with van der Waals surface area (Å²) in [6, 6.07) is 9.61. The van der Waals surface area contributed by atoms with E-state index >= 15 is 0 Å². The van der Waals surface area contributed by atoms with E-state index in [0.29, 0.717) is 10.9 Å². The van der Waals surface area contributed by atoms with Crippen molar-refractivity contribution in [2.45, 2.75) is 6.92 Å². The lowest BCUT2D eigenvalue weighted by atomic mass is 10.2. The van der Waals surface area contributed by atoms with Crippen LogP contribution in [0.5, 0.6) is 0 Å². The molecule has 1 amide bonds. The number of nitrogens with zero attached hydrogens (tertiary/aromatic N) is 1. The van der Waals surface area contributed by atoms with Gasteiger partial charge < -0.3 is 4.74 Å². The van der Waals surface area contributed by atoms with Crippen molar-refractivity contribution in [3.8, 4) is 11.3 Å². The number of thiazole rings is 1. The van der Waals surface area contributed by atoms with Crippen LogP contribution < -0.4 is 5.32 Å². The molecule has 0 radical (unpaired) electrons. The second kappa shape index (κ2) is 8.55. The first-order valence-corrected chi connectivity index (χ1v) is 8.81. The fraction of sp³-hybridized carbons (Fsp3) is 0.267. The Balaban J connectivity index is 1.87. The topological polar surface area (TPSA) is 68.3 Å². The predicted molar refractivity (Wildman–Crippen MR) is 90.1 cm³/mol. The van der Waals surface area contributed by atoms with Gasteiger partial charge in [0.05, 0.1) is 5.69 Å². The van der Waals surface area contributed by atoms with Crippen molar-refractivity contribution < 1.29 is 14.3 Å². The largest absolute Gasteiger partial charge is 0.458 e. The lowest BCUT2D eigenvalue weighted by Gasteiger charge is -2.03. The minimum absolute atomic E-state index is 0.234. The van der Waals surface area contributed by atoms with E-state index in [9.17, 15) is 9.59 Å². The Morgan fingerprint density at radius 2 is 2.09 bits per heavy atom. The minimum Gasteiger partial charge on any atom is -0.458 e. The quantitative estimate of drug-likeness (QED) is 0.499. The summed E-state index contributed by atoms with van der Waals surface area (Å²) in [5, 5.41) is 4.67. The van der Waals surface area contributed by atoms with Crippen molar-refractivity contribution in [1.29, 1.82) is 0 Å². The molecule has 0 unspecified atom stereocenters. The van der Waals surface area contributed by atoms with Gasteiger partial charge in [0, 0.05) is 16.7 Å². The molecule has 1 aromatic carbocycles. The molecule has 0 aliphatic heterocycles. The van der Waals surface area contributed by atoms with Gasteiger partial charge in [0.1, 0.15) is 6.61 Å². The first-order valence-electron chi connectivity index (χ1n) is 6.77. The van der Waals surface area contributed by atoms with Gasteiger partial charge in [0.25, 0.3) is 0 Å². The van der Waals surface area contributed by atoms with Gasteiger partial charge in [0.15, 0.2) is 5.13 Å². The van der Waals surface area contributed by atoms with Gasteiger partial charge in [-0.25, -0.2) is 9.78 Å². The van der Waals surface area contributed by atoms with Crippen LogP contribution in [-0.2, 0) is 14.3 Å². The highest BCUT2D eigenvalue weighted by molar-refractivity contribution is 7.99. The van der Waals surface area contributed by atoms with Crippen LogP contribution in [0.1, 0.15) is 6.92 Å². The number of hydrogen-bond donors (Lipinski definition) is 1. The summed E-state index contributed by atoms with van der Waals surface area (Å²) in [7, 11) is 0. The zero-order valence-electron chi connectivity index (χ0n) is 12.1. The molecule has 1 N–H and O–H groups in total. The normalized spacial score (nSPS) is 10.2. The average Bonchev–Trinajstić information content (AvgIpc) is 3.00. The Morgan fingerprint density at radius 3 is 2.82 bits per heavy atom. The third kappa shape index (κ3) is 4.85. The van der Waals surface area contributed by atoms with Crippen LogP contribution in [0.3, 0.4) is 0 Å². The second-order valence-electron chi connectivity index (χ2n) is 4.19. The Hall–Kier alpha value is -1.86. The molecule has 0 spiro atoms. The molecule has 0 bridgehead atoms. The van der Waals surface area contributed by atoms with E-state index in [1.807, 2.05) is 42.6 Å². The van der Waals surface area contributed by atoms with E-state index in [1.54, 1.807) is 11.8 Å². The number of ether oxygens (including phenoxy) is 1. The number of carbonyl (C=O) groups is 2. The molecule has 0 aliphatic rings. The number of esters is 1. The van der Waals surface area contributed by atoms with Crippen molar-refractivity contribution in [3.05, 3.63) is 35.7 Å². The first-order chi connectivity index (χ1) is 10.7. The lowest BCUT2D eigenvalue weighted by Crippen LogP contribution is -2.25. The maximum absolute atomic E-state index is 11.7. The Bertz CT molecular complexity index is 629. The standard InChI is InChI=1S/C15H16N2O3S2/c1-2-21-9-8-20-14(19)13(18)17-15-16-12(10-22-15)11-6-4-3-5-7-11/h3-7,10H,2,8-9H2,1H3,(H,16,17,18).